The van der Waals surface area contributed by atoms with E-state index in [0.717, 1.165) is 42.2 Å². The van der Waals surface area contributed by atoms with Gasteiger partial charge in [-0.1, -0.05) is 6.92 Å². The van der Waals surface area contributed by atoms with Gasteiger partial charge in [-0.2, -0.15) is 4.31 Å². The molecular weight excluding hydrogens is 304 g/mol. The number of hydrogen-bond acceptors (Lipinski definition) is 4. The minimum Gasteiger partial charge on any atom is -0.312 e. The van der Waals surface area contributed by atoms with E-state index in [-0.39, 0.29) is 6.04 Å². The quantitative estimate of drug-likeness (QED) is 0.798. The van der Waals surface area contributed by atoms with E-state index in [1.54, 1.807) is 15.6 Å². The van der Waals surface area contributed by atoms with Crippen molar-refractivity contribution in [3.8, 4) is 0 Å². The van der Waals surface area contributed by atoms with Crippen molar-refractivity contribution >= 4 is 21.4 Å². The molecule has 0 unspecified atom stereocenters. The van der Waals surface area contributed by atoms with Crippen LogP contribution in [0.4, 0.5) is 0 Å². The van der Waals surface area contributed by atoms with Crippen molar-refractivity contribution in [3.05, 3.63) is 15.8 Å². The summed E-state index contributed by atoms with van der Waals surface area (Å²) >= 11 is 1.60. The van der Waals surface area contributed by atoms with Crippen LogP contribution in [0.25, 0.3) is 0 Å². The van der Waals surface area contributed by atoms with E-state index < -0.39 is 10.0 Å². The van der Waals surface area contributed by atoms with Crippen molar-refractivity contribution in [2.45, 2.75) is 57.0 Å². The Balaban J connectivity index is 1.83. The van der Waals surface area contributed by atoms with Gasteiger partial charge in [-0.3, -0.25) is 0 Å². The molecular formula is C15H24N2O2S2. The maximum Gasteiger partial charge on any atom is 0.244 e. The van der Waals surface area contributed by atoms with Crippen LogP contribution >= 0.6 is 11.3 Å². The van der Waals surface area contributed by atoms with Crippen molar-refractivity contribution in [2.75, 3.05) is 13.1 Å². The fourth-order valence-electron chi connectivity index (χ4n) is 2.60. The van der Waals surface area contributed by atoms with Crippen LogP contribution in [0.1, 0.15) is 42.4 Å². The zero-order valence-electron chi connectivity index (χ0n) is 12.8. The van der Waals surface area contributed by atoms with Gasteiger partial charge in [-0.25, -0.2) is 8.42 Å². The van der Waals surface area contributed by atoms with Gasteiger partial charge < -0.3 is 5.32 Å². The summed E-state index contributed by atoms with van der Waals surface area (Å²) in [5.74, 6) is 0.598. The van der Waals surface area contributed by atoms with Crippen LogP contribution in [0.2, 0.25) is 0 Å². The first-order valence-electron chi connectivity index (χ1n) is 7.84. The van der Waals surface area contributed by atoms with Gasteiger partial charge in [-0.05, 0) is 51.1 Å². The van der Waals surface area contributed by atoms with Gasteiger partial charge in [0.25, 0.3) is 0 Å². The molecule has 118 valence electrons. The molecule has 0 saturated heterocycles. The van der Waals surface area contributed by atoms with Crippen LogP contribution in [-0.4, -0.2) is 31.9 Å². The first-order chi connectivity index (χ1) is 10.0. The summed E-state index contributed by atoms with van der Waals surface area (Å²) < 4.78 is 27.8. The second-order valence-corrected chi connectivity index (χ2v) is 9.36. The molecule has 1 aromatic rings. The second-order valence-electron chi connectivity index (χ2n) is 6.16. The van der Waals surface area contributed by atoms with Gasteiger partial charge in [0.15, 0.2) is 0 Å². The lowest BCUT2D eigenvalue weighted by Gasteiger charge is -2.21. The van der Waals surface area contributed by atoms with Crippen LogP contribution in [0.15, 0.2) is 11.0 Å². The summed E-state index contributed by atoms with van der Waals surface area (Å²) in [7, 11) is -3.31. The SMILES string of the molecule is CCNCc1cc(S(=O)(=O)N(CC2CC2)C2CC2)c(C)s1. The number of thiophene rings is 1. The number of hydrogen-bond donors (Lipinski definition) is 1. The zero-order valence-corrected chi connectivity index (χ0v) is 14.4. The van der Waals surface area contributed by atoms with E-state index in [2.05, 4.69) is 12.2 Å². The molecule has 0 radical (unpaired) electrons. The topological polar surface area (TPSA) is 49.4 Å². The first-order valence-corrected chi connectivity index (χ1v) is 10.1. The highest BCUT2D eigenvalue weighted by Crippen LogP contribution is 2.39. The van der Waals surface area contributed by atoms with Gasteiger partial charge in [0.2, 0.25) is 10.0 Å². The third-order valence-corrected chi connectivity index (χ3v) is 7.37. The predicted molar refractivity (Wildman–Crippen MR) is 86.1 cm³/mol. The average molecular weight is 329 g/mol. The zero-order chi connectivity index (χ0) is 15.0. The summed E-state index contributed by atoms with van der Waals surface area (Å²) in [4.78, 5) is 2.56. The molecule has 1 N–H and O–H groups in total. The molecule has 0 spiro atoms. The van der Waals surface area contributed by atoms with Gasteiger partial charge >= 0.3 is 0 Å². The summed E-state index contributed by atoms with van der Waals surface area (Å²) in [6.07, 6.45) is 4.43. The molecule has 2 aliphatic rings. The van der Waals surface area contributed by atoms with E-state index in [1.165, 1.54) is 12.8 Å². The Morgan fingerprint density at radius 3 is 2.62 bits per heavy atom. The largest absolute Gasteiger partial charge is 0.312 e. The van der Waals surface area contributed by atoms with Gasteiger partial charge in [0, 0.05) is 28.9 Å². The fourth-order valence-corrected chi connectivity index (χ4v) is 5.94. The molecule has 0 aromatic carbocycles. The van der Waals surface area contributed by atoms with Crippen molar-refractivity contribution in [1.29, 1.82) is 0 Å². The van der Waals surface area contributed by atoms with E-state index in [4.69, 9.17) is 0 Å². The summed E-state index contributed by atoms with van der Waals surface area (Å²) in [6.45, 7) is 6.36. The Morgan fingerprint density at radius 1 is 1.33 bits per heavy atom. The molecule has 0 aliphatic heterocycles. The van der Waals surface area contributed by atoms with Crippen LogP contribution in [-0.2, 0) is 16.6 Å². The van der Waals surface area contributed by atoms with Crippen molar-refractivity contribution in [2.24, 2.45) is 5.92 Å². The Kier molecular flexibility index (Phi) is 4.41. The summed E-state index contributed by atoms with van der Waals surface area (Å²) in [5, 5.41) is 3.27. The molecule has 3 rings (SSSR count). The smallest absolute Gasteiger partial charge is 0.244 e. The average Bonchev–Trinajstić information content (AvgIpc) is 3.32. The molecule has 0 amide bonds. The lowest BCUT2D eigenvalue weighted by Crippen LogP contribution is -2.35. The normalized spacial score (nSPS) is 19.4. The van der Waals surface area contributed by atoms with E-state index in [9.17, 15) is 8.42 Å². The van der Waals surface area contributed by atoms with Gasteiger partial charge in [0.1, 0.15) is 0 Å². The number of aryl methyl sites for hydroxylation is 1. The van der Waals surface area contributed by atoms with Crippen LogP contribution in [0.5, 0.6) is 0 Å². The van der Waals surface area contributed by atoms with E-state index >= 15 is 0 Å². The minimum atomic E-state index is -3.31. The Labute approximate surface area is 131 Å². The van der Waals surface area contributed by atoms with Crippen LogP contribution < -0.4 is 5.32 Å². The minimum absolute atomic E-state index is 0.257. The van der Waals surface area contributed by atoms with Crippen LogP contribution in [0.3, 0.4) is 0 Å². The molecule has 1 aromatic heterocycles. The lowest BCUT2D eigenvalue weighted by atomic mass is 10.4. The Morgan fingerprint density at radius 2 is 2.05 bits per heavy atom. The summed E-state index contributed by atoms with van der Waals surface area (Å²) in [5.41, 5.74) is 0. The molecule has 4 nitrogen and oxygen atoms in total. The number of sulfonamides is 1. The lowest BCUT2D eigenvalue weighted by molar-refractivity contribution is 0.388. The Hall–Kier alpha value is -0.430. The molecule has 1 heterocycles. The highest BCUT2D eigenvalue weighted by Gasteiger charge is 2.41. The molecule has 0 bridgehead atoms. The fraction of sp³-hybridized carbons (Fsp3) is 0.733. The van der Waals surface area contributed by atoms with Gasteiger partial charge in [0.05, 0.1) is 4.90 Å². The van der Waals surface area contributed by atoms with Crippen molar-refractivity contribution < 1.29 is 8.42 Å². The highest BCUT2D eigenvalue weighted by atomic mass is 32.2. The monoisotopic (exact) mass is 328 g/mol. The first kappa shape index (κ1) is 15.5. The third kappa shape index (κ3) is 3.50. The van der Waals surface area contributed by atoms with E-state index in [1.807, 2.05) is 13.0 Å². The maximum atomic E-state index is 13.0. The molecule has 6 heteroatoms. The predicted octanol–water partition coefficient (Wildman–Crippen LogP) is 2.73. The standard InChI is InChI=1S/C15H24N2O2S2/c1-3-16-9-14-8-15(11(2)20-14)21(18,19)17(13-6-7-13)10-12-4-5-12/h8,12-13,16H,3-7,9-10H2,1-2H3. The highest BCUT2D eigenvalue weighted by molar-refractivity contribution is 7.89. The number of nitrogens with zero attached hydrogens (tertiary/aromatic N) is 1. The number of nitrogens with one attached hydrogen (secondary N) is 1. The van der Waals surface area contributed by atoms with Gasteiger partial charge in [-0.15, -0.1) is 11.3 Å². The van der Waals surface area contributed by atoms with E-state index in [0.29, 0.717) is 10.8 Å². The molecule has 21 heavy (non-hydrogen) atoms. The molecule has 2 saturated carbocycles. The molecule has 2 aliphatic carbocycles. The maximum absolute atomic E-state index is 13.0. The molecule has 2 fully saturated rings. The Bertz CT molecular complexity index is 601. The van der Waals surface area contributed by atoms with Crippen LogP contribution in [0, 0.1) is 12.8 Å². The van der Waals surface area contributed by atoms with Crippen molar-refractivity contribution in [1.82, 2.24) is 9.62 Å². The number of rotatable bonds is 8. The summed E-state index contributed by atoms with van der Waals surface area (Å²) in [6, 6.07) is 2.13. The second kappa shape index (κ2) is 5.99. The molecule has 0 atom stereocenters. The van der Waals surface area contributed by atoms with Crippen molar-refractivity contribution in [3.63, 3.8) is 0 Å². The third-order valence-electron chi connectivity index (χ3n) is 4.15.